The van der Waals surface area contributed by atoms with Crippen LogP contribution in [0.3, 0.4) is 0 Å². The van der Waals surface area contributed by atoms with Crippen LogP contribution >= 0.6 is 0 Å². The molecule has 28 heavy (non-hydrogen) atoms. The second-order valence-corrected chi connectivity index (χ2v) is 6.58. The lowest BCUT2D eigenvalue weighted by Gasteiger charge is -2.27. The van der Waals surface area contributed by atoms with Crippen LogP contribution in [0.25, 0.3) is 0 Å². The Bertz CT molecular complexity index is 836. The van der Waals surface area contributed by atoms with E-state index < -0.39 is 18.0 Å². The molecule has 1 fully saturated rings. The van der Waals surface area contributed by atoms with Gasteiger partial charge < -0.3 is 15.0 Å². The molecule has 0 aliphatic carbocycles. The molecule has 150 valence electrons. The van der Waals surface area contributed by atoms with Crippen molar-refractivity contribution in [3.8, 4) is 5.75 Å². The smallest absolute Gasteiger partial charge is 0.405 e. The Labute approximate surface area is 160 Å². The molecule has 3 rings (SSSR count). The Morgan fingerprint density at radius 3 is 2.61 bits per heavy atom. The standard InChI is InChI=1S/C19H21F3N4O2/c1-13-11-14(25-18(24-13)26-9-5-2-6-10-26)12-23-17(27)15-7-3-4-8-16(15)28-19(20,21)22/h3-4,7-8,11H,2,5-6,9-10,12H2,1H3,(H,23,27). The fraction of sp³-hybridized carbons (Fsp3) is 0.421. The lowest BCUT2D eigenvalue weighted by Crippen LogP contribution is -2.32. The number of anilines is 1. The first-order chi connectivity index (χ1) is 13.3. The quantitative estimate of drug-likeness (QED) is 0.839. The van der Waals surface area contributed by atoms with E-state index in [4.69, 9.17) is 0 Å². The molecule has 1 N–H and O–H groups in total. The largest absolute Gasteiger partial charge is 0.573 e. The number of ether oxygens (including phenoxy) is 1. The maximum absolute atomic E-state index is 12.5. The number of halogens is 3. The first kappa shape index (κ1) is 19.9. The normalized spacial score (nSPS) is 14.6. The molecule has 1 aliphatic rings. The molecule has 0 atom stereocenters. The molecule has 1 aliphatic heterocycles. The van der Waals surface area contributed by atoms with Crippen molar-refractivity contribution in [2.45, 2.75) is 39.1 Å². The van der Waals surface area contributed by atoms with E-state index in [9.17, 15) is 18.0 Å². The van der Waals surface area contributed by atoms with E-state index in [1.807, 2.05) is 6.92 Å². The van der Waals surface area contributed by atoms with Gasteiger partial charge in [0.05, 0.1) is 17.8 Å². The van der Waals surface area contributed by atoms with Gasteiger partial charge >= 0.3 is 6.36 Å². The van der Waals surface area contributed by atoms with Gasteiger partial charge in [0.2, 0.25) is 5.95 Å². The summed E-state index contributed by atoms with van der Waals surface area (Å²) in [5.74, 6) is -0.597. The van der Waals surface area contributed by atoms with Crippen molar-refractivity contribution >= 4 is 11.9 Å². The highest BCUT2D eigenvalue weighted by Gasteiger charge is 2.32. The summed E-state index contributed by atoms with van der Waals surface area (Å²) in [6, 6.07) is 6.97. The van der Waals surface area contributed by atoms with Crippen molar-refractivity contribution in [3.63, 3.8) is 0 Å². The number of amides is 1. The van der Waals surface area contributed by atoms with E-state index >= 15 is 0 Å². The van der Waals surface area contributed by atoms with Gasteiger partial charge in [-0.25, -0.2) is 9.97 Å². The van der Waals surface area contributed by atoms with Gasteiger partial charge in [0.15, 0.2) is 0 Å². The molecule has 6 nitrogen and oxygen atoms in total. The predicted octanol–water partition coefficient (Wildman–Crippen LogP) is 3.60. The van der Waals surface area contributed by atoms with Crippen LogP contribution in [0.1, 0.15) is 41.0 Å². The summed E-state index contributed by atoms with van der Waals surface area (Å²) in [6.07, 6.45) is -1.52. The first-order valence-corrected chi connectivity index (χ1v) is 9.04. The second-order valence-electron chi connectivity index (χ2n) is 6.58. The molecule has 0 bridgehead atoms. The summed E-state index contributed by atoms with van der Waals surface area (Å²) in [5, 5.41) is 2.60. The average molecular weight is 394 g/mol. The summed E-state index contributed by atoms with van der Waals surface area (Å²) in [4.78, 5) is 23.4. The van der Waals surface area contributed by atoms with E-state index in [-0.39, 0.29) is 12.1 Å². The zero-order chi connectivity index (χ0) is 20.1. The van der Waals surface area contributed by atoms with Crippen LogP contribution in [0.15, 0.2) is 30.3 Å². The first-order valence-electron chi connectivity index (χ1n) is 9.04. The number of nitrogens with zero attached hydrogens (tertiary/aromatic N) is 3. The second kappa shape index (κ2) is 8.45. The van der Waals surface area contributed by atoms with Crippen molar-refractivity contribution in [3.05, 3.63) is 47.3 Å². The van der Waals surface area contributed by atoms with E-state index in [1.54, 1.807) is 6.07 Å². The number of rotatable bonds is 5. The number of para-hydroxylation sites is 1. The van der Waals surface area contributed by atoms with Gasteiger partial charge in [-0.05, 0) is 44.4 Å². The minimum atomic E-state index is -4.87. The zero-order valence-electron chi connectivity index (χ0n) is 15.4. The van der Waals surface area contributed by atoms with E-state index in [1.165, 1.54) is 24.6 Å². The minimum Gasteiger partial charge on any atom is -0.405 e. The summed E-state index contributed by atoms with van der Waals surface area (Å²) in [6.45, 7) is 3.69. The number of aryl methyl sites for hydroxylation is 1. The van der Waals surface area contributed by atoms with Gasteiger partial charge in [-0.3, -0.25) is 4.79 Å². The maximum atomic E-state index is 12.5. The van der Waals surface area contributed by atoms with E-state index in [0.29, 0.717) is 11.6 Å². The fourth-order valence-electron chi connectivity index (χ4n) is 3.08. The molecule has 1 amide bonds. The molecule has 0 radical (unpaired) electrons. The molecule has 0 saturated carbocycles. The van der Waals surface area contributed by atoms with Crippen LogP contribution in [-0.4, -0.2) is 35.3 Å². The van der Waals surface area contributed by atoms with Crippen molar-refractivity contribution < 1.29 is 22.7 Å². The Morgan fingerprint density at radius 2 is 1.89 bits per heavy atom. The zero-order valence-corrected chi connectivity index (χ0v) is 15.4. The van der Waals surface area contributed by atoms with Crippen LogP contribution in [0.4, 0.5) is 19.1 Å². The third kappa shape index (κ3) is 5.34. The molecule has 1 aromatic heterocycles. The highest BCUT2D eigenvalue weighted by Crippen LogP contribution is 2.26. The van der Waals surface area contributed by atoms with Crippen LogP contribution in [0, 0.1) is 6.92 Å². The molecular weight excluding hydrogens is 373 g/mol. The topological polar surface area (TPSA) is 67.3 Å². The summed E-state index contributed by atoms with van der Waals surface area (Å²) in [5.41, 5.74) is 1.16. The van der Waals surface area contributed by atoms with Gasteiger partial charge in [0.1, 0.15) is 5.75 Å². The molecule has 2 aromatic rings. The van der Waals surface area contributed by atoms with Crippen LogP contribution in [0.2, 0.25) is 0 Å². The third-order valence-corrected chi connectivity index (χ3v) is 4.32. The molecule has 0 unspecified atom stereocenters. The van der Waals surface area contributed by atoms with Gasteiger partial charge in [0, 0.05) is 18.8 Å². The van der Waals surface area contributed by atoms with E-state index in [0.717, 1.165) is 37.7 Å². The van der Waals surface area contributed by atoms with Crippen LogP contribution in [-0.2, 0) is 6.54 Å². The number of hydrogen-bond donors (Lipinski definition) is 1. The van der Waals surface area contributed by atoms with Crippen molar-refractivity contribution in [2.24, 2.45) is 0 Å². The summed E-state index contributed by atoms with van der Waals surface area (Å²) < 4.78 is 41.5. The summed E-state index contributed by atoms with van der Waals surface area (Å²) >= 11 is 0. The Balaban J connectivity index is 1.70. The number of hydrogen-bond acceptors (Lipinski definition) is 5. The molecule has 1 aromatic carbocycles. The lowest BCUT2D eigenvalue weighted by molar-refractivity contribution is -0.274. The van der Waals surface area contributed by atoms with Crippen molar-refractivity contribution in [2.75, 3.05) is 18.0 Å². The maximum Gasteiger partial charge on any atom is 0.573 e. The number of aromatic nitrogens is 2. The van der Waals surface area contributed by atoms with Gasteiger partial charge in [-0.2, -0.15) is 0 Å². The molecule has 9 heteroatoms. The van der Waals surface area contributed by atoms with Crippen molar-refractivity contribution in [1.82, 2.24) is 15.3 Å². The number of nitrogens with one attached hydrogen (secondary N) is 1. The highest BCUT2D eigenvalue weighted by molar-refractivity contribution is 5.96. The molecule has 0 spiro atoms. The van der Waals surface area contributed by atoms with Gasteiger partial charge in [0.25, 0.3) is 5.91 Å². The van der Waals surface area contributed by atoms with Gasteiger partial charge in [-0.1, -0.05) is 12.1 Å². The molecule has 2 heterocycles. The van der Waals surface area contributed by atoms with Crippen LogP contribution < -0.4 is 15.0 Å². The number of piperidine rings is 1. The monoisotopic (exact) mass is 394 g/mol. The fourth-order valence-corrected chi connectivity index (χ4v) is 3.08. The number of benzene rings is 1. The highest BCUT2D eigenvalue weighted by atomic mass is 19.4. The van der Waals surface area contributed by atoms with Gasteiger partial charge in [-0.15, -0.1) is 13.2 Å². The summed E-state index contributed by atoms with van der Waals surface area (Å²) in [7, 11) is 0. The molecular formula is C19H21F3N4O2. The number of carbonyl (C=O) groups is 1. The Hall–Kier alpha value is -2.84. The lowest BCUT2D eigenvalue weighted by atomic mass is 10.1. The SMILES string of the molecule is Cc1cc(CNC(=O)c2ccccc2OC(F)(F)F)nc(N2CCCCC2)n1. The Kier molecular flexibility index (Phi) is 6.01. The minimum absolute atomic E-state index is 0.0728. The number of carbonyl (C=O) groups excluding carboxylic acids is 1. The van der Waals surface area contributed by atoms with E-state index in [2.05, 4.69) is 24.9 Å². The average Bonchev–Trinajstić information content (AvgIpc) is 2.65. The Morgan fingerprint density at radius 1 is 1.18 bits per heavy atom. The van der Waals surface area contributed by atoms with Crippen LogP contribution in [0.5, 0.6) is 5.75 Å². The number of alkyl halides is 3. The van der Waals surface area contributed by atoms with Crippen molar-refractivity contribution in [1.29, 1.82) is 0 Å². The predicted molar refractivity (Wildman–Crippen MR) is 97.1 cm³/mol. The molecule has 1 saturated heterocycles. The third-order valence-electron chi connectivity index (χ3n) is 4.32.